The van der Waals surface area contributed by atoms with E-state index in [1.54, 1.807) is 0 Å². The van der Waals surface area contributed by atoms with Gasteiger partial charge in [-0.15, -0.1) is 0 Å². The van der Waals surface area contributed by atoms with Crippen LogP contribution in [0, 0.1) is 0 Å². The van der Waals surface area contributed by atoms with Gasteiger partial charge in [0.2, 0.25) is 4.33 Å². The molecule has 4 rings (SSSR count). The predicted molar refractivity (Wildman–Crippen MR) is 90.2 cm³/mol. The molecule has 1 aromatic carbocycles. The number of fused-ring (bicyclic) bond motifs is 2. The number of esters is 1. The first-order valence-electron chi connectivity index (χ1n) is 7.96. The Morgan fingerprint density at radius 2 is 1.88 bits per heavy atom. The summed E-state index contributed by atoms with van der Waals surface area (Å²) in [6.07, 6.45) is 0.598. The van der Waals surface area contributed by atoms with Crippen LogP contribution in [0.5, 0.6) is 5.75 Å². The minimum absolute atomic E-state index is 0.448. The number of halogens is 2. The summed E-state index contributed by atoms with van der Waals surface area (Å²) >= 11 is 12.9. The van der Waals surface area contributed by atoms with Crippen molar-refractivity contribution in [2.24, 2.45) is 0 Å². The van der Waals surface area contributed by atoms with Gasteiger partial charge in [0, 0.05) is 19.5 Å². The number of carbonyl (C=O) groups excluding carboxylic acids is 1. The highest BCUT2D eigenvalue weighted by atomic mass is 35.5. The number of ether oxygens (including phenoxy) is 3. The van der Waals surface area contributed by atoms with Crippen molar-refractivity contribution in [3.63, 3.8) is 0 Å². The smallest absolute Gasteiger partial charge is 0.350 e. The predicted octanol–water partition coefficient (Wildman–Crippen LogP) is 2.61. The molecule has 24 heavy (non-hydrogen) atoms. The molecule has 1 unspecified atom stereocenters. The van der Waals surface area contributed by atoms with Crippen molar-refractivity contribution in [2.75, 3.05) is 32.9 Å². The summed E-state index contributed by atoms with van der Waals surface area (Å²) < 4.78 is 15.2. The first-order valence-corrected chi connectivity index (χ1v) is 8.72. The number of hydrogen-bond acceptors (Lipinski definition) is 5. The number of benzene rings is 1. The molecule has 7 heteroatoms. The molecule has 1 aromatic rings. The summed E-state index contributed by atoms with van der Waals surface area (Å²) in [5.74, 6) is 0.590. The van der Waals surface area contributed by atoms with Crippen LogP contribution in [-0.4, -0.2) is 54.2 Å². The zero-order chi connectivity index (χ0) is 16.7. The fraction of sp³-hybridized carbons (Fsp3) is 0.471. The van der Waals surface area contributed by atoms with Gasteiger partial charge in [-0.05, 0) is 17.7 Å². The number of para-hydroxylation sites is 1. The van der Waals surface area contributed by atoms with E-state index in [9.17, 15) is 4.79 Å². The molecule has 0 radical (unpaired) electrons. The number of alkyl halides is 2. The molecule has 0 spiro atoms. The van der Waals surface area contributed by atoms with Gasteiger partial charge in [0.25, 0.3) is 0 Å². The molecule has 0 bridgehead atoms. The normalized spacial score (nSPS) is 26.8. The molecule has 0 aromatic heterocycles. The third-order valence-electron chi connectivity index (χ3n) is 4.60. The monoisotopic (exact) mass is 369 g/mol. The molecular weight excluding hydrogens is 353 g/mol. The number of rotatable bonds is 1. The van der Waals surface area contributed by atoms with Crippen molar-refractivity contribution < 1.29 is 19.0 Å². The second-order valence-corrected chi connectivity index (χ2v) is 7.40. The van der Waals surface area contributed by atoms with Gasteiger partial charge in [-0.3, -0.25) is 4.90 Å². The van der Waals surface area contributed by atoms with Crippen LogP contribution < -0.4 is 4.74 Å². The van der Waals surface area contributed by atoms with Crippen LogP contribution in [0.15, 0.2) is 29.8 Å². The summed E-state index contributed by atoms with van der Waals surface area (Å²) in [6.45, 7) is 2.99. The lowest BCUT2D eigenvalue weighted by Gasteiger charge is -2.43. The molecule has 3 aliphatic rings. The highest BCUT2D eigenvalue weighted by Crippen LogP contribution is 2.46. The van der Waals surface area contributed by atoms with Crippen LogP contribution in [0.2, 0.25) is 0 Å². The van der Waals surface area contributed by atoms with Gasteiger partial charge in [0.05, 0.1) is 31.4 Å². The molecule has 3 aliphatic heterocycles. The highest BCUT2D eigenvalue weighted by molar-refractivity contribution is 6.58. The van der Waals surface area contributed by atoms with Crippen molar-refractivity contribution in [3.8, 4) is 5.75 Å². The van der Waals surface area contributed by atoms with E-state index < -0.39 is 16.3 Å². The lowest BCUT2D eigenvalue weighted by molar-refractivity contribution is -0.140. The first-order chi connectivity index (χ1) is 11.6. The Morgan fingerprint density at radius 1 is 1.12 bits per heavy atom. The molecule has 1 saturated heterocycles. The zero-order valence-electron chi connectivity index (χ0n) is 13.0. The summed E-state index contributed by atoms with van der Waals surface area (Å²) in [6, 6.07) is 7.08. The lowest BCUT2D eigenvalue weighted by atomic mass is 9.92. The van der Waals surface area contributed by atoms with Crippen molar-refractivity contribution in [2.45, 2.75) is 16.8 Å². The van der Waals surface area contributed by atoms with Crippen molar-refractivity contribution in [1.82, 2.24) is 4.90 Å². The Bertz CT molecular complexity index is 698. The average molecular weight is 370 g/mol. The fourth-order valence-corrected chi connectivity index (χ4v) is 4.11. The molecule has 5 nitrogen and oxygen atoms in total. The maximum Gasteiger partial charge on any atom is 0.350 e. The largest absolute Gasteiger partial charge is 0.492 e. The summed E-state index contributed by atoms with van der Waals surface area (Å²) in [7, 11) is 0. The van der Waals surface area contributed by atoms with Crippen molar-refractivity contribution in [3.05, 3.63) is 35.4 Å². The van der Waals surface area contributed by atoms with Crippen LogP contribution in [-0.2, 0) is 14.3 Å². The van der Waals surface area contributed by atoms with Crippen molar-refractivity contribution >= 4 is 34.9 Å². The molecule has 1 fully saturated rings. The molecule has 128 valence electrons. The minimum atomic E-state index is -1.64. The number of nitrogens with zero attached hydrogens (tertiary/aromatic N) is 1. The lowest BCUT2D eigenvalue weighted by Crippen LogP contribution is -2.57. The van der Waals surface area contributed by atoms with Crippen LogP contribution in [0.4, 0.5) is 0 Å². The number of carbonyl (C=O) groups is 1. The second-order valence-electron chi connectivity index (χ2n) is 6.01. The van der Waals surface area contributed by atoms with Gasteiger partial charge < -0.3 is 14.2 Å². The Hall–Kier alpha value is -1.27. The van der Waals surface area contributed by atoms with Crippen molar-refractivity contribution in [1.29, 1.82) is 0 Å². The molecule has 0 amide bonds. The van der Waals surface area contributed by atoms with Gasteiger partial charge in [-0.2, -0.15) is 0 Å². The van der Waals surface area contributed by atoms with E-state index in [2.05, 4.69) is 4.90 Å². The van der Waals surface area contributed by atoms with Crippen LogP contribution in [0.25, 0.3) is 5.76 Å². The number of morpholine rings is 1. The summed E-state index contributed by atoms with van der Waals surface area (Å²) in [4.78, 5) is 14.6. The Morgan fingerprint density at radius 3 is 2.67 bits per heavy atom. The maximum atomic E-state index is 12.5. The average Bonchev–Trinajstić information content (AvgIpc) is 2.76. The molecule has 1 atom stereocenters. The SMILES string of the molecule is O=C1OC2=C(CCOc3ccccc32)C(N2CCOCC2)C1(Cl)Cl. The van der Waals surface area contributed by atoms with Crippen LogP contribution in [0.1, 0.15) is 12.0 Å². The van der Waals surface area contributed by atoms with E-state index in [0.717, 1.165) is 11.1 Å². The zero-order valence-corrected chi connectivity index (χ0v) is 14.5. The fourth-order valence-electron chi connectivity index (χ4n) is 3.50. The molecule has 0 saturated carbocycles. The Labute approximate surface area is 150 Å². The van der Waals surface area contributed by atoms with Gasteiger partial charge in [0.15, 0.2) is 0 Å². The van der Waals surface area contributed by atoms with E-state index in [0.29, 0.717) is 50.8 Å². The molecule has 3 heterocycles. The van der Waals surface area contributed by atoms with Gasteiger partial charge in [-0.25, -0.2) is 4.79 Å². The molecular formula is C17H17Cl2NO4. The van der Waals surface area contributed by atoms with E-state index in [1.165, 1.54) is 0 Å². The van der Waals surface area contributed by atoms with Crippen LogP contribution in [0.3, 0.4) is 0 Å². The quantitative estimate of drug-likeness (QED) is 0.562. The second kappa shape index (κ2) is 6.23. The maximum absolute atomic E-state index is 12.5. The highest BCUT2D eigenvalue weighted by Gasteiger charge is 2.54. The Kier molecular flexibility index (Phi) is 4.21. The Balaban J connectivity index is 1.85. The van der Waals surface area contributed by atoms with Gasteiger partial charge >= 0.3 is 5.97 Å². The topological polar surface area (TPSA) is 48.0 Å². The molecule has 0 N–H and O–H groups in total. The van der Waals surface area contributed by atoms with E-state index in [-0.39, 0.29) is 0 Å². The molecule has 0 aliphatic carbocycles. The van der Waals surface area contributed by atoms with E-state index in [1.807, 2.05) is 24.3 Å². The first kappa shape index (κ1) is 16.2. The summed E-state index contributed by atoms with van der Waals surface area (Å²) in [5, 5.41) is 0. The summed E-state index contributed by atoms with van der Waals surface area (Å²) in [5.41, 5.74) is 1.67. The third kappa shape index (κ3) is 2.60. The van der Waals surface area contributed by atoms with Crippen LogP contribution >= 0.6 is 23.2 Å². The van der Waals surface area contributed by atoms with Gasteiger partial charge in [0.1, 0.15) is 11.5 Å². The third-order valence-corrected chi connectivity index (χ3v) is 5.33. The minimum Gasteiger partial charge on any atom is -0.492 e. The van der Waals surface area contributed by atoms with Gasteiger partial charge in [-0.1, -0.05) is 35.3 Å². The van der Waals surface area contributed by atoms with E-state index >= 15 is 0 Å². The number of hydrogen-bond donors (Lipinski definition) is 0. The van der Waals surface area contributed by atoms with E-state index in [4.69, 9.17) is 37.4 Å². The standard InChI is InChI=1S/C17H17Cl2NO4/c18-17(19)15(20-6-9-22-10-7-20)12-5-8-23-13-4-2-1-3-11(13)14(12)24-16(17)21/h1-4,15H,5-10H2.